The standard InChI is InChI=1S/C19H34N2O/c1-12(2)17-7-4-13(3)8-18(17)21-19(22)11-14-9-15-5-6-16(10-14)20-15/h12-18,20H,4-11H2,1-3H3,(H,21,22). The van der Waals surface area contributed by atoms with Crippen molar-refractivity contribution in [2.45, 2.75) is 90.3 Å². The number of hydrogen-bond acceptors (Lipinski definition) is 2. The van der Waals surface area contributed by atoms with Gasteiger partial charge in [0.2, 0.25) is 5.91 Å². The lowest BCUT2D eigenvalue weighted by atomic mass is 9.74. The van der Waals surface area contributed by atoms with Crippen LogP contribution < -0.4 is 10.6 Å². The van der Waals surface area contributed by atoms with Gasteiger partial charge in [-0.1, -0.05) is 27.2 Å². The van der Waals surface area contributed by atoms with Gasteiger partial charge >= 0.3 is 0 Å². The van der Waals surface area contributed by atoms with Crippen LogP contribution in [0.2, 0.25) is 0 Å². The number of amides is 1. The Morgan fingerprint density at radius 2 is 1.77 bits per heavy atom. The smallest absolute Gasteiger partial charge is 0.220 e. The third kappa shape index (κ3) is 3.84. The fraction of sp³-hybridized carbons (Fsp3) is 0.947. The van der Waals surface area contributed by atoms with Crippen molar-refractivity contribution in [3.8, 4) is 0 Å². The van der Waals surface area contributed by atoms with Gasteiger partial charge in [-0.2, -0.15) is 0 Å². The minimum atomic E-state index is 0.316. The van der Waals surface area contributed by atoms with Gasteiger partial charge in [0.05, 0.1) is 0 Å². The highest BCUT2D eigenvalue weighted by Crippen LogP contribution is 2.35. The summed E-state index contributed by atoms with van der Waals surface area (Å²) in [6.07, 6.45) is 9.58. The zero-order valence-electron chi connectivity index (χ0n) is 14.6. The third-order valence-electron chi connectivity index (χ3n) is 6.41. The van der Waals surface area contributed by atoms with Gasteiger partial charge in [-0.25, -0.2) is 0 Å². The molecule has 5 atom stereocenters. The molecule has 3 heteroatoms. The van der Waals surface area contributed by atoms with Gasteiger partial charge in [0.1, 0.15) is 0 Å². The number of nitrogens with one attached hydrogen (secondary N) is 2. The molecule has 3 rings (SSSR count). The molecule has 2 saturated heterocycles. The highest BCUT2D eigenvalue weighted by atomic mass is 16.1. The van der Waals surface area contributed by atoms with Gasteiger partial charge in [-0.3, -0.25) is 4.79 Å². The van der Waals surface area contributed by atoms with E-state index in [1.807, 2.05) is 0 Å². The summed E-state index contributed by atoms with van der Waals surface area (Å²) < 4.78 is 0. The van der Waals surface area contributed by atoms with Gasteiger partial charge < -0.3 is 10.6 Å². The number of carbonyl (C=O) groups is 1. The summed E-state index contributed by atoms with van der Waals surface area (Å²) in [6, 6.07) is 1.79. The van der Waals surface area contributed by atoms with Crippen LogP contribution in [0.15, 0.2) is 0 Å². The van der Waals surface area contributed by atoms with Crippen molar-refractivity contribution in [3.63, 3.8) is 0 Å². The Hall–Kier alpha value is -0.570. The Morgan fingerprint density at radius 3 is 2.41 bits per heavy atom. The van der Waals surface area contributed by atoms with Crippen molar-refractivity contribution < 1.29 is 4.79 Å². The van der Waals surface area contributed by atoms with Crippen molar-refractivity contribution in [3.05, 3.63) is 0 Å². The van der Waals surface area contributed by atoms with Crippen LogP contribution in [0.1, 0.15) is 72.1 Å². The molecule has 2 aliphatic heterocycles. The van der Waals surface area contributed by atoms with E-state index in [-0.39, 0.29) is 0 Å². The molecule has 0 radical (unpaired) electrons. The van der Waals surface area contributed by atoms with Crippen molar-refractivity contribution in [1.82, 2.24) is 10.6 Å². The molecule has 0 aromatic carbocycles. The molecule has 1 aliphatic carbocycles. The summed E-state index contributed by atoms with van der Waals surface area (Å²) >= 11 is 0. The molecule has 0 aromatic heterocycles. The predicted octanol–water partition coefficient (Wildman–Crippen LogP) is 3.48. The second kappa shape index (κ2) is 6.90. The molecule has 3 nitrogen and oxygen atoms in total. The van der Waals surface area contributed by atoms with Crippen LogP contribution in [0, 0.1) is 23.7 Å². The maximum atomic E-state index is 12.6. The van der Waals surface area contributed by atoms with Crippen molar-refractivity contribution in [2.75, 3.05) is 0 Å². The van der Waals surface area contributed by atoms with Crippen LogP contribution in [0.25, 0.3) is 0 Å². The summed E-state index contributed by atoms with van der Waals surface area (Å²) in [5, 5.41) is 7.09. The molecule has 1 amide bonds. The second-order valence-corrected chi connectivity index (χ2v) is 8.68. The molecule has 2 bridgehead atoms. The Bertz CT molecular complexity index is 383. The fourth-order valence-electron chi connectivity index (χ4n) is 5.24. The van der Waals surface area contributed by atoms with Gasteiger partial charge in [0.25, 0.3) is 0 Å². The molecule has 0 aromatic rings. The third-order valence-corrected chi connectivity index (χ3v) is 6.41. The summed E-state index contributed by atoms with van der Waals surface area (Å²) in [5.74, 6) is 3.03. The molecule has 0 spiro atoms. The molecule has 2 heterocycles. The average molecular weight is 306 g/mol. The monoisotopic (exact) mass is 306 g/mol. The largest absolute Gasteiger partial charge is 0.353 e. The maximum Gasteiger partial charge on any atom is 0.220 e. The Balaban J connectivity index is 1.51. The van der Waals surface area contributed by atoms with Crippen LogP contribution >= 0.6 is 0 Å². The average Bonchev–Trinajstić information content (AvgIpc) is 2.77. The Morgan fingerprint density at radius 1 is 1.09 bits per heavy atom. The summed E-state index contributed by atoms with van der Waals surface area (Å²) in [4.78, 5) is 12.6. The molecule has 3 fully saturated rings. The van der Waals surface area contributed by atoms with Gasteiger partial charge in [0.15, 0.2) is 0 Å². The first-order valence-electron chi connectivity index (χ1n) is 9.56. The van der Waals surface area contributed by atoms with Crippen LogP contribution in [-0.4, -0.2) is 24.0 Å². The normalized spacial score (nSPS) is 41.6. The quantitative estimate of drug-likeness (QED) is 0.835. The molecule has 22 heavy (non-hydrogen) atoms. The minimum Gasteiger partial charge on any atom is -0.353 e. The Kier molecular flexibility index (Phi) is 5.11. The van der Waals surface area contributed by atoms with Gasteiger partial charge in [0, 0.05) is 24.5 Å². The van der Waals surface area contributed by atoms with E-state index in [0.29, 0.717) is 41.8 Å². The van der Waals surface area contributed by atoms with E-state index >= 15 is 0 Å². The van der Waals surface area contributed by atoms with Crippen molar-refractivity contribution >= 4 is 5.91 Å². The zero-order valence-corrected chi connectivity index (χ0v) is 14.6. The SMILES string of the molecule is CC1CCC(C(C)C)C(NC(=O)CC2CC3CCC(C2)N3)C1. The second-order valence-electron chi connectivity index (χ2n) is 8.68. The molecular formula is C19H34N2O. The Labute approximate surface area is 136 Å². The first-order valence-corrected chi connectivity index (χ1v) is 9.56. The molecule has 126 valence electrons. The van der Waals surface area contributed by atoms with Crippen LogP contribution in [0.3, 0.4) is 0 Å². The first kappa shape index (κ1) is 16.3. The molecule has 5 unspecified atom stereocenters. The minimum absolute atomic E-state index is 0.316. The molecule has 3 aliphatic rings. The number of hydrogen-bond donors (Lipinski definition) is 2. The van der Waals surface area contributed by atoms with E-state index in [0.717, 1.165) is 12.3 Å². The van der Waals surface area contributed by atoms with Gasteiger partial charge in [-0.15, -0.1) is 0 Å². The van der Waals surface area contributed by atoms with E-state index in [1.54, 1.807) is 0 Å². The van der Waals surface area contributed by atoms with Crippen LogP contribution in [0.5, 0.6) is 0 Å². The first-order chi connectivity index (χ1) is 10.5. The molecule has 2 N–H and O–H groups in total. The summed E-state index contributed by atoms with van der Waals surface area (Å²) in [6.45, 7) is 6.95. The lowest BCUT2D eigenvalue weighted by molar-refractivity contribution is -0.123. The van der Waals surface area contributed by atoms with E-state index in [4.69, 9.17) is 0 Å². The summed E-state index contributed by atoms with van der Waals surface area (Å²) in [7, 11) is 0. The van der Waals surface area contributed by atoms with Crippen LogP contribution in [0.4, 0.5) is 0 Å². The highest BCUT2D eigenvalue weighted by Gasteiger charge is 2.35. The van der Waals surface area contributed by atoms with Crippen LogP contribution in [-0.2, 0) is 4.79 Å². The van der Waals surface area contributed by atoms with E-state index in [1.165, 1.54) is 44.9 Å². The molecular weight excluding hydrogens is 272 g/mol. The lowest BCUT2D eigenvalue weighted by Crippen LogP contribution is -2.46. The molecule has 1 saturated carbocycles. The number of rotatable bonds is 4. The number of piperidine rings is 1. The predicted molar refractivity (Wildman–Crippen MR) is 90.6 cm³/mol. The van der Waals surface area contributed by atoms with E-state index < -0.39 is 0 Å². The summed E-state index contributed by atoms with van der Waals surface area (Å²) in [5.41, 5.74) is 0. The maximum absolute atomic E-state index is 12.6. The topological polar surface area (TPSA) is 41.1 Å². The van der Waals surface area contributed by atoms with E-state index in [9.17, 15) is 4.79 Å². The van der Waals surface area contributed by atoms with Gasteiger partial charge in [-0.05, 0) is 62.2 Å². The number of fused-ring (bicyclic) bond motifs is 2. The number of carbonyl (C=O) groups excluding carboxylic acids is 1. The lowest BCUT2D eigenvalue weighted by Gasteiger charge is -2.38. The van der Waals surface area contributed by atoms with E-state index in [2.05, 4.69) is 31.4 Å². The van der Waals surface area contributed by atoms with Crippen molar-refractivity contribution in [2.24, 2.45) is 23.7 Å². The zero-order chi connectivity index (χ0) is 15.7. The van der Waals surface area contributed by atoms with Crippen molar-refractivity contribution in [1.29, 1.82) is 0 Å². The fourth-order valence-corrected chi connectivity index (χ4v) is 5.24. The highest BCUT2D eigenvalue weighted by molar-refractivity contribution is 5.76.